The Labute approximate surface area is 123 Å². The molecule has 0 bridgehead atoms. The average Bonchev–Trinajstić information content (AvgIpc) is 2.99. The molecule has 2 amide bonds. The van der Waals surface area contributed by atoms with Gasteiger partial charge in [0.2, 0.25) is 11.8 Å². The summed E-state index contributed by atoms with van der Waals surface area (Å²) in [5.74, 6) is 0.139. The van der Waals surface area contributed by atoms with E-state index in [0.717, 1.165) is 5.56 Å². The molecule has 0 aliphatic heterocycles. The normalized spacial score (nSPS) is 10.1. The van der Waals surface area contributed by atoms with E-state index in [2.05, 4.69) is 5.32 Å². The van der Waals surface area contributed by atoms with E-state index in [1.54, 1.807) is 30.3 Å². The molecule has 0 aliphatic carbocycles. The second kappa shape index (κ2) is 7.28. The first kappa shape index (κ1) is 14.8. The number of hydrogen-bond acceptors (Lipinski definition) is 3. The molecule has 5 heteroatoms. The number of benzene rings is 1. The Morgan fingerprint density at radius 1 is 1.14 bits per heavy atom. The molecule has 21 heavy (non-hydrogen) atoms. The Morgan fingerprint density at radius 3 is 2.57 bits per heavy atom. The molecule has 0 spiro atoms. The lowest BCUT2D eigenvalue weighted by molar-refractivity contribution is -0.135. The number of furan rings is 1. The zero-order valence-electron chi connectivity index (χ0n) is 11.9. The van der Waals surface area contributed by atoms with Crippen molar-refractivity contribution in [3.8, 4) is 0 Å². The summed E-state index contributed by atoms with van der Waals surface area (Å²) < 4.78 is 5.11. The van der Waals surface area contributed by atoms with Crippen LogP contribution in [0.2, 0.25) is 0 Å². The Kier molecular flexibility index (Phi) is 5.15. The minimum Gasteiger partial charge on any atom is -0.467 e. The van der Waals surface area contributed by atoms with E-state index in [1.807, 2.05) is 30.3 Å². The van der Waals surface area contributed by atoms with E-state index < -0.39 is 0 Å². The number of nitrogens with one attached hydrogen (secondary N) is 1. The van der Waals surface area contributed by atoms with Gasteiger partial charge in [0.25, 0.3) is 0 Å². The number of carbonyl (C=O) groups is 2. The van der Waals surface area contributed by atoms with Crippen LogP contribution in [0.1, 0.15) is 17.7 Å². The Balaban J connectivity index is 1.76. The fraction of sp³-hybridized carbons (Fsp3) is 0.250. The van der Waals surface area contributed by atoms with Crippen molar-refractivity contribution < 1.29 is 14.0 Å². The highest BCUT2D eigenvalue weighted by molar-refractivity contribution is 5.96. The first-order valence-corrected chi connectivity index (χ1v) is 6.72. The summed E-state index contributed by atoms with van der Waals surface area (Å²) >= 11 is 0. The van der Waals surface area contributed by atoms with Crippen LogP contribution in [0.5, 0.6) is 0 Å². The number of carbonyl (C=O) groups excluding carboxylic acids is 2. The first-order valence-electron chi connectivity index (χ1n) is 6.72. The Bertz CT molecular complexity index is 579. The number of rotatable bonds is 6. The third-order valence-corrected chi connectivity index (χ3v) is 3.04. The van der Waals surface area contributed by atoms with Gasteiger partial charge in [0.1, 0.15) is 12.2 Å². The van der Waals surface area contributed by atoms with Gasteiger partial charge in [-0.1, -0.05) is 30.3 Å². The lowest BCUT2D eigenvalue weighted by Gasteiger charge is -2.17. The molecule has 5 nitrogen and oxygen atoms in total. The van der Waals surface area contributed by atoms with Gasteiger partial charge >= 0.3 is 0 Å². The average molecular weight is 286 g/mol. The summed E-state index contributed by atoms with van der Waals surface area (Å²) in [5, 5.41) is 2.65. The van der Waals surface area contributed by atoms with Gasteiger partial charge in [0, 0.05) is 13.6 Å². The van der Waals surface area contributed by atoms with Crippen LogP contribution in [-0.2, 0) is 22.7 Å². The maximum absolute atomic E-state index is 12.0. The molecular weight excluding hydrogens is 268 g/mol. The quantitative estimate of drug-likeness (QED) is 0.826. The molecule has 0 saturated heterocycles. The molecule has 1 N–H and O–H groups in total. The van der Waals surface area contributed by atoms with Gasteiger partial charge in [-0.2, -0.15) is 0 Å². The van der Waals surface area contributed by atoms with Gasteiger partial charge in [0.05, 0.1) is 12.8 Å². The molecule has 1 aromatic heterocycles. The molecule has 110 valence electrons. The van der Waals surface area contributed by atoms with E-state index in [-0.39, 0.29) is 18.2 Å². The molecule has 0 radical (unpaired) electrons. The van der Waals surface area contributed by atoms with E-state index in [0.29, 0.717) is 18.8 Å². The van der Waals surface area contributed by atoms with Crippen LogP contribution >= 0.6 is 0 Å². The van der Waals surface area contributed by atoms with E-state index >= 15 is 0 Å². The molecule has 2 aromatic rings. The monoisotopic (exact) mass is 286 g/mol. The fourth-order valence-corrected chi connectivity index (χ4v) is 1.88. The molecular formula is C16H18N2O3. The minimum atomic E-state index is -0.309. The highest BCUT2D eigenvalue weighted by atomic mass is 16.3. The van der Waals surface area contributed by atoms with Crippen LogP contribution in [0.15, 0.2) is 53.1 Å². The summed E-state index contributed by atoms with van der Waals surface area (Å²) in [4.78, 5) is 25.2. The summed E-state index contributed by atoms with van der Waals surface area (Å²) in [7, 11) is 1.69. The Morgan fingerprint density at radius 2 is 1.90 bits per heavy atom. The van der Waals surface area contributed by atoms with E-state index in [4.69, 9.17) is 4.42 Å². The molecule has 0 saturated carbocycles. The SMILES string of the molecule is CN(Cc1ccccc1)C(=O)CC(=O)NCc1ccco1. The predicted molar refractivity (Wildman–Crippen MR) is 78.1 cm³/mol. The van der Waals surface area contributed by atoms with Crippen molar-refractivity contribution in [2.24, 2.45) is 0 Å². The third-order valence-electron chi connectivity index (χ3n) is 3.04. The van der Waals surface area contributed by atoms with Crippen LogP contribution in [0.3, 0.4) is 0 Å². The van der Waals surface area contributed by atoms with Crippen molar-refractivity contribution in [2.75, 3.05) is 7.05 Å². The topological polar surface area (TPSA) is 62.6 Å². The number of amides is 2. The highest BCUT2D eigenvalue weighted by Gasteiger charge is 2.14. The van der Waals surface area contributed by atoms with Crippen molar-refractivity contribution in [2.45, 2.75) is 19.5 Å². The van der Waals surface area contributed by atoms with Crippen LogP contribution in [0, 0.1) is 0 Å². The molecule has 1 heterocycles. The molecule has 1 aromatic carbocycles. The zero-order valence-corrected chi connectivity index (χ0v) is 11.9. The van der Waals surface area contributed by atoms with Crippen molar-refractivity contribution in [1.29, 1.82) is 0 Å². The van der Waals surface area contributed by atoms with E-state index in [1.165, 1.54) is 0 Å². The van der Waals surface area contributed by atoms with Crippen molar-refractivity contribution in [3.05, 3.63) is 60.1 Å². The van der Waals surface area contributed by atoms with Crippen LogP contribution in [0.4, 0.5) is 0 Å². The largest absolute Gasteiger partial charge is 0.467 e. The summed E-state index contributed by atoms with van der Waals surface area (Å²) in [6, 6.07) is 13.2. The standard InChI is InChI=1S/C16H18N2O3/c1-18(12-13-6-3-2-4-7-13)16(20)10-15(19)17-11-14-8-5-9-21-14/h2-9H,10-12H2,1H3,(H,17,19). The van der Waals surface area contributed by atoms with E-state index in [9.17, 15) is 9.59 Å². The van der Waals surface area contributed by atoms with Gasteiger partial charge in [-0.15, -0.1) is 0 Å². The van der Waals surface area contributed by atoms with Crippen LogP contribution in [0.25, 0.3) is 0 Å². The van der Waals surface area contributed by atoms with Crippen molar-refractivity contribution in [3.63, 3.8) is 0 Å². The smallest absolute Gasteiger partial charge is 0.232 e. The highest BCUT2D eigenvalue weighted by Crippen LogP contribution is 2.04. The zero-order chi connectivity index (χ0) is 15.1. The predicted octanol–water partition coefficient (Wildman–Crippen LogP) is 1.94. The summed E-state index contributed by atoms with van der Waals surface area (Å²) in [5.41, 5.74) is 1.03. The maximum Gasteiger partial charge on any atom is 0.232 e. The fourth-order valence-electron chi connectivity index (χ4n) is 1.88. The Hall–Kier alpha value is -2.56. The summed E-state index contributed by atoms with van der Waals surface area (Å²) in [6.07, 6.45) is 1.38. The number of nitrogens with zero attached hydrogens (tertiary/aromatic N) is 1. The molecule has 0 unspecified atom stereocenters. The molecule has 0 atom stereocenters. The van der Waals surface area contributed by atoms with Crippen LogP contribution in [-0.4, -0.2) is 23.8 Å². The van der Waals surface area contributed by atoms with Gasteiger partial charge in [-0.3, -0.25) is 9.59 Å². The van der Waals surface area contributed by atoms with Gasteiger partial charge in [0.15, 0.2) is 0 Å². The second-order valence-electron chi connectivity index (χ2n) is 4.77. The van der Waals surface area contributed by atoms with Gasteiger partial charge < -0.3 is 14.6 Å². The summed E-state index contributed by atoms with van der Waals surface area (Å²) in [6.45, 7) is 0.784. The molecule has 0 aliphatic rings. The van der Waals surface area contributed by atoms with Crippen molar-refractivity contribution in [1.82, 2.24) is 10.2 Å². The third kappa shape index (κ3) is 4.80. The van der Waals surface area contributed by atoms with Crippen molar-refractivity contribution >= 4 is 11.8 Å². The minimum absolute atomic E-state index is 0.163. The maximum atomic E-state index is 12.0. The molecule has 0 fully saturated rings. The molecule has 2 rings (SSSR count). The second-order valence-corrected chi connectivity index (χ2v) is 4.77. The van der Waals surface area contributed by atoms with Gasteiger partial charge in [-0.25, -0.2) is 0 Å². The lowest BCUT2D eigenvalue weighted by atomic mass is 10.2. The first-order chi connectivity index (χ1) is 10.1. The van der Waals surface area contributed by atoms with Gasteiger partial charge in [-0.05, 0) is 17.7 Å². The lowest BCUT2D eigenvalue weighted by Crippen LogP contribution is -2.32. The number of hydrogen-bond donors (Lipinski definition) is 1. The van der Waals surface area contributed by atoms with Crippen LogP contribution < -0.4 is 5.32 Å².